The van der Waals surface area contributed by atoms with Crippen molar-refractivity contribution in [3.05, 3.63) is 0 Å². The molecule has 1 heteroatoms. The highest BCUT2D eigenvalue weighted by Gasteiger charge is 2.25. The third-order valence-corrected chi connectivity index (χ3v) is 3.92. The van der Waals surface area contributed by atoms with Gasteiger partial charge >= 0.3 is 0 Å². The maximum atomic E-state index is 2.47. The molecule has 0 nitrogen and oxygen atoms in total. The molecular weight excluding hydrogens is 143 g/mol. The van der Waals surface area contributed by atoms with E-state index in [9.17, 15) is 0 Å². The Labute approximate surface area is 77.2 Å². The lowest BCUT2D eigenvalue weighted by Gasteiger charge is -2.31. The first-order valence-electron chi connectivity index (χ1n) is 5.84. The van der Waals surface area contributed by atoms with E-state index in [1.165, 1.54) is 25.5 Å². The first-order chi connectivity index (χ1) is 5.84. The van der Waals surface area contributed by atoms with Crippen molar-refractivity contribution in [3.8, 4) is 0 Å². The molecule has 12 heavy (non-hydrogen) atoms. The van der Waals surface area contributed by atoms with Crippen LogP contribution in [0.5, 0.6) is 0 Å². The second-order valence-electron chi connectivity index (χ2n) is 5.17. The zero-order valence-corrected chi connectivity index (χ0v) is 8.39. The summed E-state index contributed by atoms with van der Waals surface area (Å²) in [5.41, 5.74) is 0. The van der Waals surface area contributed by atoms with E-state index in [4.69, 9.17) is 0 Å². The fourth-order valence-electron chi connectivity index (χ4n) is 3.38. The Morgan fingerprint density at radius 2 is 1.25 bits per heavy atom. The summed E-state index contributed by atoms with van der Waals surface area (Å²) < 4.78 is 0. The highest BCUT2D eigenvalue weighted by atomic mass is 14.2. The van der Waals surface area contributed by atoms with E-state index >= 15 is 0 Å². The largest absolute Gasteiger partial charge is 0.137 e. The monoisotopic (exact) mass is 164 g/mol. The molecule has 2 saturated heterocycles. The zero-order chi connectivity index (χ0) is 8.39. The lowest BCUT2D eigenvalue weighted by molar-refractivity contribution is 0.330. The smallest absolute Gasteiger partial charge is 0.0861 e. The van der Waals surface area contributed by atoms with Gasteiger partial charge in [0.25, 0.3) is 0 Å². The molecular formula is C11H21B. The predicted molar refractivity (Wildman–Crippen MR) is 55.9 cm³/mol. The van der Waals surface area contributed by atoms with Gasteiger partial charge in [-0.15, -0.1) is 0 Å². The summed E-state index contributed by atoms with van der Waals surface area (Å²) in [5, 5.41) is 0. The van der Waals surface area contributed by atoms with Gasteiger partial charge in [-0.3, -0.25) is 0 Å². The van der Waals surface area contributed by atoms with Gasteiger partial charge in [0.2, 0.25) is 0 Å². The van der Waals surface area contributed by atoms with Crippen LogP contribution in [0.2, 0.25) is 19.5 Å². The maximum absolute atomic E-state index is 2.47. The Balaban J connectivity index is 2.01. The van der Waals surface area contributed by atoms with Gasteiger partial charge in [0.15, 0.2) is 0 Å². The standard InChI is InChI=1S/C11H21B/c1-12-8-10-4-2-5-11(9-12)7-3-6-10/h10-11H,2-9H2,1H3. The predicted octanol–water partition coefficient (Wildman–Crippen LogP) is 3.71. The molecule has 0 aromatic heterocycles. The normalized spacial score (nSPS) is 37.2. The van der Waals surface area contributed by atoms with Crippen molar-refractivity contribution in [1.82, 2.24) is 0 Å². The first-order valence-corrected chi connectivity index (χ1v) is 5.84. The molecule has 0 N–H and O–H groups in total. The zero-order valence-electron chi connectivity index (χ0n) is 8.39. The summed E-state index contributed by atoms with van der Waals surface area (Å²) in [4.78, 5) is 0. The average Bonchev–Trinajstić information content (AvgIpc) is 1.91. The molecule has 0 aromatic carbocycles. The number of hydrogen-bond donors (Lipinski definition) is 0. The van der Waals surface area contributed by atoms with Crippen molar-refractivity contribution in [1.29, 1.82) is 0 Å². The summed E-state index contributed by atoms with van der Waals surface area (Å²) in [5.74, 6) is 2.20. The van der Waals surface area contributed by atoms with Crippen LogP contribution in [0.3, 0.4) is 0 Å². The molecule has 3 fully saturated rings. The van der Waals surface area contributed by atoms with Crippen LogP contribution in [0.25, 0.3) is 0 Å². The Morgan fingerprint density at radius 3 is 1.67 bits per heavy atom. The van der Waals surface area contributed by atoms with Crippen molar-refractivity contribution >= 4 is 6.71 Å². The van der Waals surface area contributed by atoms with Crippen LogP contribution in [0.4, 0.5) is 0 Å². The molecule has 0 aromatic rings. The van der Waals surface area contributed by atoms with E-state index in [-0.39, 0.29) is 0 Å². The van der Waals surface area contributed by atoms with Crippen LogP contribution in [-0.4, -0.2) is 6.71 Å². The molecule has 1 aliphatic carbocycles. The third-order valence-electron chi connectivity index (χ3n) is 3.92. The van der Waals surface area contributed by atoms with E-state index in [0.29, 0.717) is 0 Å². The van der Waals surface area contributed by atoms with E-state index in [2.05, 4.69) is 6.82 Å². The van der Waals surface area contributed by atoms with Crippen molar-refractivity contribution in [3.63, 3.8) is 0 Å². The minimum atomic E-state index is 1.03. The van der Waals surface area contributed by atoms with Crippen molar-refractivity contribution in [2.24, 2.45) is 11.8 Å². The van der Waals surface area contributed by atoms with Crippen LogP contribution in [0, 0.1) is 11.8 Å². The Hall–Kier alpha value is 0.0649. The molecule has 0 amide bonds. The minimum Gasteiger partial charge on any atom is -0.0861 e. The van der Waals surface area contributed by atoms with E-state index < -0.39 is 0 Å². The van der Waals surface area contributed by atoms with E-state index in [0.717, 1.165) is 18.5 Å². The van der Waals surface area contributed by atoms with E-state index in [1.54, 1.807) is 25.7 Å². The van der Waals surface area contributed by atoms with Crippen molar-refractivity contribution in [2.75, 3.05) is 0 Å². The lowest BCUT2D eigenvalue weighted by atomic mass is 9.40. The van der Waals surface area contributed by atoms with Gasteiger partial charge in [-0.05, 0) is 11.8 Å². The molecule has 0 unspecified atom stereocenters. The number of fused-ring (bicyclic) bond motifs is 6. The van der Waals surface area contributed by atoms with Gasteiger partial charge in [-0.1, -0.05) is 58.0 Å². The van der Waals surface area contributed by atoms with Crippen LogP contribution in [0.15, 0.2) is 0 Å². The summed E-state index contributed by atoms with van der Waals surface area (Å²) in [6.45, 7) is 3.50. The second kappa shape index (κ2) is 3.85. The fraction of sp³-hybridized carbons (Fsp3) is 1.00. The van der Waals surface area contributed by atoms with Gasteiger partial charge in [0.1, 0.15) is 6.71 Å². The van der Waals surface area contributed by atoms with Gasteiger partial charge in [0.05, 0.1) is 0 Å². The van der Waals surface area contributed by atoms with Gasteiger partial charge in [-0.25, -0.2) is 0 Å². The Kier molecular flexibility index (Phi) is 2.78. The number of hydrogen-bond acceptors (Lipinski definition) is 0. The highest BCUT2D eigenvalue weighted by molar-refractivity contribution is 6.57. The molecule has 2 heterocycles. The minimum absolute atomic E-state index is 1.03. The second-order valence-corrected chi connectivity index (χ2v) is 5.17. The molecule has 1 saturated carbocycles. The summed E-state index contributed by atoms with van der Waals surface area (Å²) >= 11 is 0. The summed E-state index contributed by atoms with van der Waals surface area (Å²) in [7, 11) is 0. The quantitative estimate of drug-likeness (QED) is 0.478. The van der Waals surface area contributed by atoms with Crippen LogP contribution < -0.4 is 0 Å². The third kappa shape index (κ3) is 2.05. The summed E-state index contributed by atoms with van der Waals surface area (Å²) in [6, 6.07) is 0. The Morgan fingerprint density at radius 1 is 0.833 bits per heavy atom. The average molecular weight is 164 g/mol. The maximum Gasteiger partial charge on any atom is 0.137 e. The highest BCUT2D eigenvalue weighted by Crippen LogP contribution is 2.36. The molecule has 3 rings (SSSR count). The summed E-state index contributed by atoms with van der Waals surface area (Å²) in [6.07, 6.45) is 12.3. The van der Waals surface area contributed by atoms with Crippen LogP contribution >= 0.6 is 0 Å². The van der Waals surface area contributed by atoms with Gasteiger partial charge in [0, 0.05) is 0 Å². The van der Waals surface area contributed by atoms with Gasteiger partial charge < -0.3 is 0 Å². The van der Waals surface area contributed by atoms with Crippen molar-refractivity contribution < 1.29 is 0 Å². The van der Waals surface area contributed by atoms with Crippen LogP contribution in [-0.2, 0) is 0 Å². The Bertz CT molecular complexity index is 120. The molecule has 0 radical (unpaired) electrons. The SMILES string of the molecule is CB1CC2CCCC(CCC2)C1. The molecule has 0 atom stereocenters. The molecule has 0 spiro atoms. The topological polar surface area (TPSA) is 0 Å². The molecule has 2 bridgehead atoms. The lowest BCUT2D eigenvalue weighted by Crippen LogP contribution is -2.23. The van der Waals surface area contributed by atoms with E-state index in [1.807, 2.05) is 0 Å². The van der Waals surface area contributed by atoms with Gasteiger partial charge in [-0.2, -0.15) is 0 Å². The van der Waals surface area contributed by atoms with Crippen molar-refractivity contribution in [2.45, 2.75) is 58.0 Å². The molecule has 3 aliphatic rings. The van der Waals surface area contributed by atoms with Crippen LogP contribution in [0.1, 0.15) is 38.5 Å². The number of rotatable bonds is 0. The molecule has 68 valence electrons. The fourth-order valence-corrected chi connectivity index (χ4v) is 3.38. The molecule has 2 aliphatic heterocycles. The first kappa shape index (κ1) is 8.65.